The normalized spacial score (nSPS) is 10.8. The number of anilines is 1. The number of halogens is 2. The maximum Gasteiger partial charge on any atom is 0.266 e. The molecule has 0 unspecified atom stereocenters. The van der Waals surface area contributed by atoms with Gasteiger partial charge in [-0.3, -0.25) is 4.79 Å². The Hall–Kier alpha value is -2.20. The van der Waals surface area contributed by atoms with Crippen molar-refractivity contribution in [3.8, 4) is 6.07 Å². The quantitative estimate of drug-likeness (QED) is 0.488. The summed E-state index contributed by atoms with van der Waals surface area (Å²) in [6.07, 6.45) is 1.42. The number of nitriles is 1. The van der Waals surface area contributed by atoms with E-state index in [1.165, 1.54) is 30.3 Å². The lowest BCUT2D eigenvalue weighted by atomic mass is 10.1. The average molecular weight is 392 g/mol. The van der Waals surface area contributed by atoms with Crippen molar-refractivity contribution < 1.29 is 9.18 Å². The van der Waals surface area contributed by atoms with E-state index in [2.05, 4.69) is 27.9 Å². The summed E-state index contributed by atoms with van der Waals surface area (Å²) in [4.78, 5) is 12.0. The van der Waals surface area contributed by atoms with Gasteiger partial charge in [-0.15, -0.1) is 0 Å². The Morgan fingerprint density at radius 2 is 1.95 bits per heavy atom. The van der Waals surface area contributed by atoms with Gasteiger partial charge in [0.15, 0.2) is 0 Å². The lowest BCUT2D eigenvalue weighted by Crippen LogP contribution is -2.13. The van der Waals surface area contributed by atoms with Gasteiger partial charge in [-0.05, 0) is 64.6 Å². The molecule has 1 N–H and O–H groups in total. The number of benzene rings is 2. The van der Waals surface area contributed by atoms with E-state index in [-0.39, 0.29) is 11.4 Å². The zero-order chi connectivity index (χ0) is 15.2. The van der Waals surface area contributed by atoms with Gasteiger partial charge in [-0.25, -0.2) is 4.39 Å². The molecular formula is C16H10FIN2O. The zero-order valence-corrected chi connectivity index (χ0v) is 13.0. The van der Waals surface area contributed by atoms with Crippen molar-refractivity contribution in [3.05, 3.63) is 69.1 Å². The average Bonchev–Trinajstić information content (AvgIpc) is 2.46. The number of hydrogen-bond acceptors (Lipinski definition) is 2. The van der Waals surface area contributed by atoms with Gasteiger partial charge >= 0.3 is 0 Å². The van der Waals surface area contributed by atoms with Gasteiger partial charge in [0.05, 0.1) is 0 Å². The third-order valence-electron chi connectivity index (χ3n) is 2.63. The van der Waals surface area contributed by atoms with Gasteiger partial charge in [0.25, 0.3) is 5.91 Å². The summed E-state index contributed by atoms with van der Waals surface area (Å²) in [5.74, 6) is -0.863. The number of carbonyl (C=O) groups is 1. The van der Waals surface area contributed by atoms with Crippen molar-refractivity contribution in [1.82, 2.24) is 0 Å². The Kier molecular flexibility index (Phi) is 5.06. The smallest absolute Gasteiger partial charge is 0.266 e. The fourth-order valence-electron chi connectivity index (χ4n) is 1.64. The first kappa shape index (κ1) is 15.2. The predicted octanol–water partition coefficient (Wildman–Crippen LogP) is 3.98. The summed E-state index contributed by atoms with van der Waals surface area (Å²) >= 11 is 2.13. The minimum Gasteiger partial charge on any atom is -0.321 e. The standard InChI is InChI=1S/C16H10FIN2O/c17-13-6-4-11(5-7-13)8-12(10-19)16(21)20-15-3-1-2-14(18)9-15/h1-9H,(H,20,21)/b12-8+. The molecule has 2 aromatic carbocycles. The number of nitrogens with zero attached hydrogens (tertiary/aromatic N) is 1. The second-order valence-corrected chi connectivity index (χ2v) is 5.43. The molecular weight excluding hydrogens is 382 g/mol. The largest absolute Gasteiger partial charge is 0.321 e. The molecule has 104 valence electrons. The Labute approximate surface area is 135 Å². The number of rotatable bonds is 3. The molecule has 0 radical (unpaired) electrons. The topological polar surface area (TPSA) is 52.9 Å². The van der Waals surface area contributed by atoms with E-state index in [4.69, 9.17) is 5.26 Å². The van der Waals surface area contributed by atoms with Crippen LogP contribution in [0, 0.1) is 20.7 Å². The lowest BCUT2D eigenvalue weighted by molar-refractivity contribution is -0.112. The van der Waals surface area contributed by atoms with Crippen LogP contribution in [-0.2, 0) is 4.79 Å². The third-order valence-corrected chi connectivity index (χ3v) is 3.30. The Morgan fingerprint density at radius 1 is 1.24 bits per heavy atom. The monoisotopic (exact) mass is 392 g/mol. The van der Waals surface area contributed by atoms with Crippen molar-refractivity contribution in [3.63, 3.8) is 0 Å². The molecule has 0 aliphatic heterocycles. The van der Waals surface area contributed by atoms with E-state index in [1.807, 2.05) is 18.2 Å². The predicted molar refractivity (Wildman–Crippen MR) is 87.8 cm³/mol. The summed E-state index contributed by atoms with van der Waals surface area (Å²) in [5, 5.41) is 11.7. The third kappa shape index (κ3) is 4.39. The van der Waals surface area contributed by atoms with Crippen LogP contribution in [0.4, 0.5) is 10.1 Å². The molecule has 2 aromatic rings. The highest BCUT2D eigenvalue weighted by atomic mass is 127. The van der Waals surface area contributed by atoms with Crippen LogP contribution < -0.4 is 5.32 Å². The molecule has 0 bridgehead atoms. The fourth-order valence-corrected chi connectivity index (χ4v) is 2.18. The highest BCUT2D eigenvalue weighted by molar-refractivity contribution is 14.1. The van der Waals surface area contributed by atoms with E-state index in [0.29, 0.717) is 11.3 Å². The van der Waals surface area contributed by atoms with E-state index >= 15 is 0 Å². The molecule has 0 aliphatic carbocycles. The second-order valence-electron chi connectivity index (χ2n) is 4.19. The van der Waals surface area contributed by atoms with E-state index in [9.17, 15) is 9.18 Å². The molecule has 0 saturated carbocycles. The molecule has 21 heavy (non-hydrogen) atoms. The number of amides is 1. The summed E-state index contributed by atoms with van der Waals surface area (Å²) in [5.41, 5.74) is 1.17. The minimum absolute atomic E-state index is 0.0412. The molecule has 1 amide bonds. The highest BCUT2D eigenvalue weighted by Gasteiger charge is 2.09. The van der Waals surface area contributed by atoms with Crippen LogP contribution in [0.2, 0.25) is 0 Å². The Morgan fingerprint density at radius 3 is 2.57 bits per heavy atom. The summed E-state index contributed by atoms with van der Waals surface area (Å²) in [6.45, 7) is 0. The molecule has 0 saturated heterocycles. The SMILES string of the molecule is N#C/C(=C\c1ccc(F)cc1)C(=O)Nc1cccc(I)c1. The number of carbonyl (C=O) groups excluding carboxylic acids is 1. The minimum atomic E-state index is -0.496. The first-order chi connectivity index (χ1) is 10.1. The maximum absolute atomic E-state index is 12.8. The van der Waals surface area contributed by atoms with Crippen molar-refractivity contribution in [2.45, 2.75) is 0 Å². The van der Waals surface area contributed by atoms with Crippen LogP contribution in [-0.4, -0.2) is 5.91 Å². The van der Waals surface area contributed by atoms with Crippen LogP contribution >= 0.6 is 22.6 Å². The van der Waals surface area contributed by atoms with Gasteiger partial charge in [-0.2, -0.15) is 5.26 Å². The first-order valence-electron chi connectivity index (χ1n) is 6.03. The maximum atomic E-state index is 12.8. The number of hydrogen-bond donors (Lipinski definition) is 1. The van der Waals surface area contributed by atoms with Crippen molar-refractivity contribution >= 4 is 40.3 Å². The fraction of sp³-hybridized carbons (Fsp3) is 0. The zero-order valence-electron chi connectivity index (χ0n) is 10.8. The van der Waals surface area contributed by atoms with E-state index < -0.39 is 5.91 Å². The van der Waals surface area contributed by atoms with E-state index in [0.717, 1.165) is 3.57 Å². The second kappa shape index (κ2) is 6.99. The first-order valence-corrected chi connectivity index (χ1v) is 7.10. The summed E-state index contributed by atoms with van der Waals surface area (Å²) < 4.78 is 13.8. The molecule has 3 nitrogen and oxygen atoms in total. The number of nitrogens with one attached hydrogen (secondary N) is 1. The van der Waals surface area contributed by atoms with Gasteiger partial charge in [0.1, 0.15) is 17.5 Å². The molecule has 5 heteroatoms. The Bertz CT molecular complexity index is 733. The van der Waals surface area contributed by atoms with Crippen LogP contribution in [0.25, 0.3) is 6.08 Å². The summed E-state index contributed by atoms with van der Waals surface area (Å²) in [7, 11) is 0. The van der Waals surface area contributed by atoms with Gasteiger partial charge < -0.3 is 5.32 Å². The van der Waals surface area contributed by atoms with Gasteiger partial charge in [0, 0.05) is 9.26 Å². The summed E-state index contributed by atoms with van der Waals surface area (Å²) in [6, 6.07) is 14.7. The molecule has 0 atom stereocenters. The molecule has 0 spiro atoms. The van der Waals surface area contributed by atoms with Crippen LogP contribution in [0.5, 0.6) is 0 Å². The van der Waals surface area contributed by atoms with Crippen LogP contribution in [0.15, 0.2) is 54.1 Å². The van der Waals surface area contributed by atoms with Crippen molar-refractivity contribution in [1.29, 1.82) is 5.26 Å². The van der Waals surface area contributed by atoms with Gasteiger partial charge in [0.2, 0.25) is 0 Å². The molecule has 2 rings (SSSR count). The molecule has 0 aromatic heterocycles. The van der Waals surface area contributed by atoms with Gasteiger partial charge in [-0.1, -0.05) is 18.2 Å². The highest BCUT2D eigenvalue weighted by Crippen LogP contribution is 2.14. The molecule has 0 aliphatic rings. The van der Waals surface area contributed by atoms with Crippen LogP contribution in [0.3, 0.4) is 0 Å². The molecule has 0 fully saturated rings. The molecule has 0 heterocycles. The van der Waals surface area contributed by atoms with Crippen molar-refractivity contribution in [2.75, 3.05) is 5.32 Å². The Balaban J connectivity index is 2.19. The van der Waals surface area contributed by atoms with E-state index in [1.54, 1.807) is 12.1 Å². The van der Waals surface area contributed by atoms with Crippen LogP contribution in [0.1, 0.15) is 5.56 Å². The lowest BCUT2D eigenvalue weighted by Gasteiger charge is -2.04. The van der Waals surface area contributed by atoms with Crippen molar-refractivity contribution in [2.24, 2.45) is 0 Å².